The van der Waals surface area contributed by atoms with E-state index in [9.17, 15) is 0 Å². The molecule has 0 saturated heterocycles. The van der Waals surface area contributed by atoms with Gasteiger partial charge in [0.15, 0.2) is 0 Å². The van der Waals surface area contributed by atoms with E-state index in [1.807, 2.05) is 0 Å². The van der Waals surface area contributed by atoms with Gasteiger partial charge in [0.1, 0.15) is 0 Å². The quantitative estimate of drug-likeness (QED) is 0.329. The van der Waals surface area contributed by atoms with Gasteiger partial charge in [0.25, 0.3) is 0 Å². The van der Waals surface area contributed by atoms with E-state index < -0.39 is 9.05 Å². The van der Waals surface area contributed by atoms with Gasteiger partial charge in [0, 0.05) is 0 Å². The van der Waals surface area contributed by atoms with E-state index >= 15 is 0 Å². The topological polar surface area (TPSA) is 92.2 Å². The van der Waals surface area contributed by atoms with Crippen molar-refractivity contribution in [1.82, 2.24) is 0 Å². The molecule has 37 valence electrons. The third kappa shape index (κ3) is 114. The maximum atomic E-state index is 8.58. The zero-order chi connectivity index (χ0) is 4.50. The Morgan fingerprint density at radius 1 is 0.750 bits per heavy atom. The van der Waals surface area contributed by atoms with E-state index in [1.54, 1.807) is 0 Å². The van der Waals surface area contributed by atoms with Gasteiger partial charge in [-0.1, -0.05) is 0 Å². The van der Waals surface area contributed by atoms with Crippen LogP contribution in [0.4, 0.5) is 0 Å². The first-order valence-corrected chi connectivity index (χ1v) is 2.45. The van der Waals surface area contributed by atoms with Crippen molar-refractivity contribution in [3.05, 3.63) is 0 Å². The predicted octanol–water partition coefficient (Wildman–Crippen LogP) is -11.1. The largest absolute Gasteiger partial charge is 2.00 e. The van der Waals surface area contributed by atoms with Crippen LogP contribution in [0.3, 0.4) is 0 Å². The summed E-state index contributed by atoms with van der Waals surface area (Å²) in [6, 6.07) is 0. The molecule has 4 nitrogen and oxygen atoms in total. The Bertz CT molecular complexity index is 29.5. The molecule has 0 aromatic carbocycles. The Hall–Kier alpha value is 1.77. The Balaban J connectivity index is -0.0000000267. The molecule has 0 aliphatic carbocycles. The summed E-state index contributed by atoms with van der Waals surface area (Å²) in [5.74, 6) is 0. The molecule has 1 radical (unpaired) electrons. The molecule has 0 saturated carbocycles. The van der Waals surface area contributed by atoms with Gasteiger partial charge in [-0.15, -0.1) is 0 Å². The van der Waals surface area contributed by atoms with Crippen molar-refractivity contribution < 1.29 is 74.0 Å². The van der Waals surface area contributed by atoms with Crippen LogP contribution in [0.5, 0.6) is 0 Å². The first kappa shape index (κ1) is 22.6. The molecule has 0 rings (SSSR count). The molecule has 0 spiro atoms. The molecule has 0 aliphatic heterocycles. The van der Waals surface area contributed by atoms with E-state index in [0.29, 0.717) is 0 Å². The van der Waals surface area contributed by atoms with Crippen molar-refractivity contribution in [1.29, 1.82) is 0 Å². The van der Waals surface area contributed by atoms with E-state index in [4.69, 9.17) is 19.2 Å². The van der Waals surface area contributed by atoms with Gasteiger partial charge in [0.05, 0.1) is 0 Å². The predicted molar refractivity (Wildman–Crippen MR) is 5.75 cm³/mol. The third-order valence-electron chi connectivity index (χ3n) is 0. The molecule has 0 bridgehead atoms. The monoisotopic (exact) mass is 161 g/mol. The summed E-state index contributed by atoms with van der Waals surface area (Å²) in [4.78, 5) is 34.3. The minimum atomic E-state index is -5.61. The molecular weight excluding hydrogens is 161 g/mol. The fourth-order valence-electron chi connectivity index (χ4n) is 0. The molecule has 0 aliphatic rings. The van der Waals surface area contributed by atoms with E-state index in [-0.39, 0.29) is 54.8 Å². The van der Waals surface area contributed by atoms with E-state index in [2.05, 4.69) is 0 Å². The molecule has 0 N–H and O–H groups in total. The Kier molecular flexibility index (Phi) is 24.7. The van der Waals surface area contributed by atoms with Crippen LogP contribution in [-0.2, 0) is 17.1 Å². The normalized spacial score (nSPS) is 7.50. The van der Waals surface area contributed by atoms with Crippen LogP contribution in [0.2, 0.25) is 0 Å². The summed E-state index contributed by atoms with van der Waals surface area (Å²) < 4.78 is 0. The van der Waals surface area contributed by atoms with Gasteiger partial charge >= 0.3 is 54.8 Å². The summed E-state index contributed by atoms with van der Waals surface area (Å²) in [5, 5.41) is 0. The van der Waals surface area contributed by atoms with Gasteiger partial charge in [-0.2, -0.15) is 0 Å². The van der Waals surface area contributed by atoms with Gasteiger partial charge in [-0.25, -0.2) is 0 Å². The summed E-state index contributed by atoms with van der Waals surface area (Å²) in [6.45, 7) is 0. The van der Waals surface area contributed by atoms with Crippen molar-refractivity contribution in [3.63, 3.8) is 0 Å². The summed E-state index contributed by atoms with van der Waals surface area (Å²) in [6.07, 6.45) is 0. The van der Waals surface area contributed by atoms with E-state index in [1.165, 1.54) is 0 Å². The van der Waals surface area contributed by atoms with Crippen molar-refractivity contribution in [3.8, 4) is 0 Å². The minimum absolute atomic E-state index is 0. The first-order valence-electron chi connectivity index (χ1n) is 0.816. The molecule has 0 heterocycles. The molecule has 0 aromatic rings. The SMILES string of the molecule is [Li+].[Li+].[Mn+2].[O-][Si]([O-])([O-])[O-]. The van der Waals surface area contributed by atoms with Gasteiger partial charge < -0.3 is 28.2 Å². The third-order valence-corrected chi connectivity index (χ3v) is 0. The fourth-order valence-corrected chi connectivity index (χ4v) is 0. The average Bonchev–Trinajstić information content (AvgIpc) is 0.722. The molecule has 0 unspecified atom stereocenters. The molecule has 0 atom stereocenters. The van der Waals surface area contributed by atoms with E-state index in [0.717, 1.165) is 0 Å². The molecule has 8 heavy (non-hydrogen) atoms. The van der Waals surface area contributed by atoms with Crippen LogP contribution in [0, 0.1) is 0 Å². The molecule has 0 amide bonds. The number of hydrogen-bond donors (Lipinski definition) is 0. The summed E-state index contributed by atoms with van der Waals surface area (Å²) in [5.41, 5.74) is 0. The standard InChI is InChI=1S/2Li.Mn.O4Si/c;;;1-5(2,3)4/q2*+1;+2;-4. The smallest absolute Gasteiger partial charge is 0.894 e. The van der Waals surface area contributed by atoms with Crippen molar-refractivity contribution in [2.24, 2.45) is 0 Å². The number of hydrogen-bond acceptors (Lipinski definition) is 4. The van der Waals surface area contributed by atoms with Crippen LogP contribution >= 0.6 is 0 Å². The minimum Gasteiger partial charge on any atom is -0.894 e. The van der Waals surface area contributed by atoms with Gasteiger partial charge in [-0.05, 0) is 0 Å². The Labute approximate surface area is 82.6 Å². The average molecular weight is 161 g/mol. The molecule has 0 fully saturated rings. The second-order valence-electron chi connectivity index (χ2n) is 0.500. The van der Waals surface area contributed by atoms with Crippen LogP contribution in [0.15, 0.2) is 0 Å². The second-order valence-corrected chi connectivity index (χ2v) is 1.50. The van der Waals surface area contributed by atoms with Crippen LogP contribution in [-0.4, -0.2) is 9.05 Å². The summed E-state index contributed by atoms with van der Waals surface area (Å²) >= 11 is 0. The van der Waals surface area contributed by atoms with Crippen molar-refractivity contribution in [2.45, 2.75) is 0 Å². The Morgan fingerprint density at radius 2 is 0.750 bits per heavy atom. The number of rotatable bonds is 0. The zero-order valence-corrected chi connectivity index (χ0v) is 6.69. The van der Waals surface area contributed by atoms with Crippen LogP contribution in [0.1, 0.15) is 0 Å². The Morgan fingerprint density at radius 3 is 0.750 bits per heavy atom. The maximum Gasteiger partial charge on any atom is 2.00 e. The van der Waals surface area contributed by atoms with Crippen LogP contribution < -0.4 is 56.9 Å². The molecule has 8 heteroatoms. The second kappa shape index (κ2) is 8.77. The first-order chi connectivity index (χ1) is 2.00. The van der Waals surface area contributed by atoms with Crippen molar-refractivity contribution in [2.75, 3.05) is 0 Å². The fraction of sp³-hybridized carbons (Fsp3) is 0. The maximum absolute atomic E-state index is 8.58. The van der Waals surface area contributed by atoms with Crippen LogP contribution in [0.25, 0.3) is 0 Å². The summed E-state index contributed by atoms with van der Waals surface area (Å²) in [7, 11) is -5.61. The van der Waals surface area contributed by atoms with Gasteiger partial charge in [0.2, 0.25) is 0 Å². The molecular formula is Li2MnO4Si. The van der Waals surface area contributed by atoms with Gasteiger partial charge in [-0.3, -0.25) is 0 Å². The zero-order valence-electron chi connectivity index (χ0n) is 4.51. The van der Waals surface area contributed by atoms with Crippen molar-refractivity contribution >= 4 is 9.05 Å². The molecule has 0 aromatic heterocycles.